The van der Waals surface area contributed by atoms with Gasteiger partial charge in [0.05, 0.1) is 11.8 Å². The number of thioether (sulfide) groups is 1. The van der Waals surface area contributed by atoms with Crippen LogP contribution in [0.3, 0.4) is 0 Å². The second kappa shape index (κ2) is 7.65. The van der Waals surface area contributed by atoms with Crippen LogP contribution in [0.1, 0.15) is 45.4 Å². The van der Waals surface area contributed by atoms with Gasteiger partial charge in [-0.2, -0.15) is 17.0 Å². The molecule has 1 amide bonds. The third-order valence-corrected chi connectivity index (χ3v) is 4.52. The Morgan fingerprint density at radius 1 is 1.50 bits per heavy atom. The first-order chi connectivity index (χ1) is 8.62. The van der Waals surface area contributed by atoms with Crippen molar-refractivity contribution in [3.63, 3.8) is 0 Å². The molecular weight excluding hydrogens is 246 g/mol. The third kappa shape index (κ3) is 4.87. The summed E-state index contributed by atoms with van der Waals surface area (Å²) in [5.74, 6) is 1.16. The van der Waals surface area contributed by atoms with Gasteiger partial charge in [0.1, 0.15) is 5.54 Å². The molecule has 3 N–H and O–H groups in total. The molecule has 1 fully saturated rings. The van der Waals surface area contributed by atoms with Gasteiger partial charge >= 0.3 is 0 Å². The van der Waals surface area contributed by atoms with E-state index in [1.54, 1.807) is 11.8 Å². The van der Waals surface area contributed by atoms with Gasteiger partial charge in [0, 0.05) is 11.8 Å². The number of carbonyl (C=O) groups is 1. The zero-order valence-corrected chi connectivity index (χ0v) is 11.9. The van der Waals surface area contributed by atoms with Crippen LogP contribution < -0.4 is 11.1 Å². The SMILES string of the molecule is CCC(N)CSCC(=O)NC1(C#N)CCCCC1. The second-order valence-corrected chi connectivity index (χ2v) is 6.02. The first kappa shape index (κ1) is 15.3. The van der Waals surface area contributed by atoms with Crippen molar-refractivity contribution in [3.05, 3.63) is 0 Å². The molecule has 0 spiro atoms. The molecule has 1 saturated carbocycles. The van der Waals surface area contributed by atoms with Crippen molar-refractivity contribution in [1.29, 1.82) is 5.26 Å². The molecule has 0 saturated heterocycles. The monoisotopic (exact) mass is 269 g/mol. The number of hydrogen-bond acceptors (Lipinski definition) is 4. The molecule has 0 aliphatic heterocycles. The van der Waals surface area contributed by atoms with Gasteiger partial charge in [-0.15, -0.1) is 0 Å². The molecule has 0 aromatic carbocycles. The number of nitrogens with one attached hydrogen (secondary N) is 1. The summed E-state index contributed by atoms with van der Waals surface area (Å²) in [6.07, 6.45) is 5.72. The van der Waals surface area contributed by atoms with Gasteiger partial charge in [0.25, 0.3) is 0 Å². The van der Waals surface area contributed by atoms with E-state index in [-0.39, 0.29) is 11.9 Å². The van der Waals surface area contributed by atoms with E-state index in [0.29, 0.717) is 5.75 Å². The number of nitrogens with zero attached hydrogens (tertiary/aromatic N) is 1. The summed E-state index contributed by atoms with van der Waals surface area (Å²) in [6.45, 7) is 2.04. The second-order valence-electron chi connectivity index (χ2n) is 4.99. The fourth-order valence-corrected chi connectivity index (χ4v) is 3.06. The standard InChI is InChI=1S/C13H23N3OS/c1-2-11(15)8-18-9-12(17)16-13(10-14)6-4-3-5-7-13/h11H,2-9,15H2,1H3,(H,16,17). The number of nitrogens with two attached hydrogens (primary N) is 1. The summed E-state index contributed by atoms with van der Waals surface area (Å²) in [5.41, 5.74) is 5.18. The lowest BCUT2D eigenvalue weighted by Gasteiger charge is -2.31. The lowest BCUT2D eigenvalue weighted by molar-refractivity contribution is -0.120. The Balaban J connectivity index is 2.32. The van der Waals surface area contributed by atoms with Crippen molar-refractivity contribution >= 4 is 17.7 Å². The van der Waals surface area contributed by atoms with Crippen molar-refractivity contribution in [3.8, 4) is 6.07 Å². The summed E-state index contributed by atoms with van der Waals surface area (Å²) in [7, 11) is 0. The number of rotatable bonds is 6. The first-order valence-electron chi connectivity index (χ1n) is 6.67. The van der Waals surface area contributed by atoms with E-state index in [0.717, 1.165) is 37.9 Å². The summed E-state index contributed by atoms with van der Waals surface area (Å²) in [5, 5.41) is 12.2. The molecular formula is C13H23N3OS. The molecule has 0 aromatic rings. The largest absolute Gasteiger partial charge is 0.337 e. The Bertz CT molecular complexity index is 308. The van der Waals surface area contributed by atoms with Crippen LogP contribution in [-0.2, 0) is 4.79 Å². The third-order valence-electron chi connectivity index (χ3n) is 3.39. The van der Waals surface area contributed by atoms with Crippen LogP contribution in [0.15, 0.2) is 0 Å². The Morgan fingerprint density at radius 3 is 2.72 bits per heavy atom. The average molecular weight is 269 g/mol. The van der Waals surface area contributed by atoms with E-state index in [4.69, 9.17) is 5.73 Å². The van der Waals surface area contributed by atoms with Crippen molar-refractivity contribution in [2.24, 2.45) is 5.73 Å². The van der Waals surface area contributed by atoms with Gasteiger partial charge in [-0.05, 0) is 19.3 Å². The molecule has 0 radical (unpaired) electrons. The van der Waals surface area contributed by atoms with Crippen molar-refractivity contribution in [2.75, 3.05) is 11.5 Å². The van der Waals surface area contributed by atoms with Crippen molar-refractivity contribution < 1.29 is 4.79 Å². The number of amides is 1. The molecule has 102 valence electrons. The highest BCUT2D eigenvalue weighted by molar-refractivity contribution is 7.99. The summed E-state index contributed by atoms with van der Waals surface area (Å²) >= 11 is 1.55. The quantitative estimate of drug-likeness (QED) is 0.770. The van der Waals surface area contributed by atoms with Crippen molar-refractivity contribution in [1.82, 2.24) is 5.32 Å². The highest BCUT2D eigenvalue weighted by Gasteiger charge is 2.33. The van der Waals surface area contributed by atoms with E-state index >= 15 is 0 Å². The smallest absolute Gasteiger partial charge is 0.231 e. The molecule has 18 heavy (non-hydrogen) atoms. The zero-order chi connectivity index (χ0) is 13.4. The van der Waals surface area contributed by atoms with E-state index < -0.39 is 5.54 Å². The van der Waals surface area contributed by atoms with Crippen LogP contribution in [0.4, 0.5) is 0 Å². The highest BCUT2D eigenvalue weighted by Crippen LogP contribution is 2.27. The summed E-state index contributed by atoms with van der Waals surface area (Å²) in [6, 6.07) is 2.45. The molecule has 0 bridgehead atoms. The maximum Gasteiger partial charge on any atom is 0.231 e. The van der Waals surface area contributed by atoms with Crippen LogP contribution in [0.25, 0.3) is 0 Å². The van der Waals surface area contributed by atoms with Crippen LogP contribution in [0.5, 0.6) is 0 Å². The van der Waals surface area contributed by atoms with Gasteiger partial charge in [-0.3, -0.25) is 4.79 Å². The van der Waals surface area contributed by atoms with Crippen molar-refractivity contribution in [2.45, 2.75) is 57.0 Å². The lowest BCUT2D eigenvalue weighted by Crippen LogP contribution is -2.49. The minimum absolute atomic E-state index is 0.0354. The van der Waals surface area contributed by atoms with Crippen LogP contribution >= 0.6 is 11.8 Å². The molecule has 5 heteroatoms. The maximum absolute atomic E-state index is 11.8. The minimum Gasteiger partial charge on any atom is -0.337 e. The van der Waals surface area contributed by atoms with Gasteiger partial charge in [0.2, 0.25) is 5.91 Å². The lowest BCUT2D eigenvalue weighted by atomic mass is 9.83. The molecule has 1 rings (SSSR count). The number of nitriles is 1. The predicted molar refractivity (Wildman–Crippen MR) is 75.2 cm³/mol. The fraction of sp³-hybridized carbons (Fsp3) is 0.846. The van der Waals surface area contributed by atoms with E-state index in [2.05, 4.69) is 11.4 Å². The number of carbonyl (C=O) groups excluding carboxylic acids is 1. The molecule has 0 aromatic heterocycles. The van der Waals surface area contributed by atoms with Gasteiger partial charge in [-0.25, -0.2) is 0 Å². The molecule has 1 atom stereocenters. The summed E-state index contributed by atoms with van der Waals surface area (Å²) < 4.78 is 0. The van der Waals surface area contributed by atoms with Gasteiger partial charge < -0.3 is 11.1 Å². The van der Waals surface area contributed by atoms with E-state index in [1.807, 2.05) is 6.92 Å². The molecule has 0 heterocycles. The van der Waals surface area contributed by atoms with Crippen LogP contribution in [-0.4, -0.2) is 29.0 Å². The Kier molecular flexibility index (Phi) is 6.51. The molecule has 1 unspecified atom stereocenters. The zero-order valence-electron chi connectivity index (χ0n) is 11.1. The Morgan fingerprint density at radius 2 is 2.17 bits per heavy atom. The highest BCUT2D eigenvalue weighted by atomic mass is 32.2. The predicted octanol–water partition coefficient (Wildman–Crippen LogP) is 1.80. The normalized spacial score (nSPS) is 19.8. The van der Waals surface area contributed by atoms with E-state index in [1.165, 1.54) is 6.42 Å². The topological polar surface area (TPSA) is 78.9 Å². The van der Waals surface area contributed by atoms with Gasteiger partial charge in [-0.1, -0.05) is 26.2 Å². The van der Waals surface area contributed by atoms with Crippen LogP contribution in [0.2, 0.25) is 0 Å². The maximum atomic E-state index is 11.8. The fourth-order valence-electron chi connectivity index (χ4n) is 2.14. The summed E-state index contributed by atoms with van der Waals surface area (Å²) in [4.78, 5) is 11.8. The molecule has 1 aliphatic rings. The van der Waals surface area contributed by atoms with E-state index in [9.17, 15) is 10.1 Å². The average Bonchev–Trinajstić information content (AvgIpc) is 2.39. The molecule has 4 nitrogen and oxygen atoms in total. The van der Waals surface area contributed by atoms with Gasteiger partial charge in [0.15, 0.2) is 0 Å². The number of hydrogen-bond donors (Lipinski definition) is 2. The Hall–Kier alpha value is -0.730. The van der Waals surface area contributed by atoms with Crippen LogP contribution in [0, 0.1) is 11.3 Å². The minimum atomic E-state index is -0.608. The Labute approximate surface area is 114 Å². The first-order valence-corrected chi connectivity index (χ1v) is 7.83. The molecule has 1 aliphatic carbocycles.